The van der Waals surface area contributed by atoms with Gasteiger partial charge in [0.25, 0.3) is 0 Å². The van der Waals surface area contributed by atoms with Gasteiger partial charge in [-0.05, 0) is 62.3 Å². The number of rotatable bonds is 3. The van der Waals surface area contributed by atoms with E-state index < -0.39 is 0 Å². The van der Waals surface area contributed by atoms with Gasteiger partial charge in [0, 0.05) is 12.6 Å². The van der Waals surface area contributed by atoms with Crippen LogP contribution >= 0.6 is 11.6 Å². The van der Waals surface area contributed by atoms with Crippen molar-refractivity contribution >= 4 is 11.6 Å². The number of halogens is 1. The first-order chi connectivity index (χ1) is 9.24. The Balaban J connectivity index is 1.68. The van der Waals surface area contributed by atoms with Crippen molar-refractivity contribution in [3.05, 3.63) is 34.9 Å². The van der Waals surface area contributed by atoms with E-state index in [4.69, 9.17) is 11.6 Å². The number of likely N-dealkylation sites (tertiary alicyclic amines) is 1. The first-order valence-corrected chi connectivity index (χ1v) is 8.17. The largest absolute Gasteiger partial charge is 0.299 e. The van der Waals surface area contributed by atoms with E-state index in [0.717, 1.165) is 6.54 Å². The number of piperidine rings is 1. The van der Waals surface area contributed by atoms with E-state index in [2.05, 4.69) is 30.0 Å². The predicted molar refractivity (Wildman–Crippen MR) is 81.9 cm³/mol. The Kier molecular flexibility index (Phi) is 4.14. The summed E-state index contributed by atoms with van der Waals surface area (Å²) in [4.78, 5) is 2.56. The Morgan fingerprint density at radius 1 is 1.21 bits per heavy atom. The van der Waals surface area contributed by atoms with E-state index in [1.165, 1.54) is 56.2 Å². The topological polar surface area (TPSA) is 3.24 Å². The van der Waals surface area contributed by atoms with E-state index in [9.17, 15) is 0 Å². The Bertz CT molecular complexity index is 443. The number of hydrogen-bond acceptors (Lipinski definition) is 1. The molecule has 2 aliphatic rings. The van der Waals surface area contributed by atoms with Crippen LogP contribution in [0.25, 0.3) is 0 Å². The van der Waals surface area contributed by atoms with Gasteiger partial charge in [0.1, 0.15) is 0 Å². The summed E-state index contributed by atoms with van der Waals surface area (Å²) in [5.41, 5.74) is 4.40. The van der Waals surface area contributed by atoms with Crippen LogP contribution in [0.4, 0.5) is 0 Å². The number of fused-ring (bicyclic) bond motifs is 1. The summed E-state index contributed by atoms with van der Waals surface area (Å²) >= 11 is 6.66. The van der Waals surface area contributed by atoms with E-state index in [-0.39, 0.29) is 5.38 Å². The highest BCUT2D eigenvalue weighted by Gasteiger charge is 2.22. The SMILES string of the molecule is CC1CCCCN1CC(Cl)c1ccc2c(c1)CCC2. The van der Waals surface area contributed by atoms with Crippen molar-refractivity contribution in [3.8, 4) is 0 Å². The van der Waals surface area contributed by atoms with E-state index >= 15 is 0 Å². The first kappa shape index (κ1) is 13.5. The van der Waals surface area contributed by atoms with Gasteiger partial charge in [0.15, 0.2) is 0 Å². The van der Waals surface area contributed by atoms with Crippen LogP contribution in [0.15, 0.2) is 18.2 Å². The lowest BCUT2D eigenvalue weighted by molar-refractivity contribution is 0.161. The van der Waals surface area contributed by atoms with Crippen LogP contribution in [-0.4, -0.2) is 24.0 Å². The molecule has 0 N–H and O–H groups in total. The van der Waals surface area contributed by atoms with Gasteiger partial charge < -0.3 is 0 Å². The number of hydrogen-bond donors (Lipinski definition) is 0. The van der Waals surface area contributed by atoms with E-state index in [0.29, 0.717) is 6.04 Å². The summed E-state index contributed by atoms with van der Waals surface area (Å²) in [5, 5.41) is 0.145. The van der Waals surface area contributed by atoms with Gasteiger partial charge in [-0.3, -0.25) is 4.90 Å². The smallest absolute Gasteiger partial charge is 0.0712 e. The Labute approximate surface area is 121 Å². The van der Waals surface area contributed by atoms with Crippen molar-refractivity contribution in [3.63, 3.8) is 0 Å². The molecule has 1 saturated heterocycles. The zero-order chi connectivity index (χ0) is 13.2. The fourth-order valence-electron chi connectivity index (χ4n) is 3.53. The van der Waals surface area contributed by atoms with Gasteiger partial charge in [0.2, 0.25) is 0 Å². The van der Waals surface area contributed by atoms with E-state index in [1.807, 2.05) is 0 Å². The molecule has 1 aromatic rings. The number of benzene rings is 1. The highest BCUT2D eigenvalue weighted by molar-refractivity contribution is 6.21. The third kappa shape index (κ3) is 2.98. The highest BCUT2D eigenvalue weighted by Crippen LogP contribution is 2.30. The van der Waals surface area contributed by atoms with Crippen LogP contribution in [0.3, 0.4) is 0 Å². The van der Waals surface area contributed by atoms with Crippen LogP contribution in [-0.2, 0) is 12.8 Å². The molecule has 3 rings (SSSR count). The molecular formula is C17H24ClN. The monoisotopic (exact) mass is 277 g/mol. The van der Waals surface area contributed by atoms with Gasteiger partial charge in [-0.2, -0.15) is 0 Å². The lowest BCUT2D eigenvalue weighted by Gasteiger charge is -2.34. The maximum absolute atomic E-state index is 6.66. The molecule has 104 valence electrons. The minimum Gasteiger partial charge on any atom is -0.299 e. The summed E-state index contributed by atoms with van der Waals surface area (Å²) in [6.45, 7) is 4.56. The molecule has 2 heteroatoms. The molecule has 19 heavy (non-hydrogen) atoms. The molecule has 1 aliphatic carbocycles. The number of nitrogens with zero attached hydrogens (tertiary/aromatic N) is 1. The lowest BCUT2D eigenvalue weighted by Crippen LogP contribution is -2.39. The maximum Gasteiger partial charge on any atom is 0.0712 e. The third-order valence-electron chi connectivity index (χ3n) is 4.82. The summed E-state index contributed by atoms with van der Waals surface area (Å²) in [6.07, 6.45) is 7.85. The average molecular weight is 278 g/mol. The van der Waals surface area contributed by atoms with Gasteiger partial charge >= 0.3 is 0 Å². The van der Waals surface area contributed by atoms with Gasteiger partial charge in [-0.25, -0.2) is 0 Å². The van der Waals surface area contributed by atoms with Gasteiger partial charge in [-0.15, -0.1) is 11.6 Å². The molecule has 1 aromatic carbocycles. The Hall–Kier alpha value is -0.530. The van der Waals surface area contributed by atoms with Crippen molar-refractivity contribution in [2.45, 2.75) is 56.9 Å². The minimum atomic E-state index is 0.145. The molecule has 2 unspecified atom stereocenters. The second-order valence-electron chi connectivity index (χ2n) is 6.19. The zero-order valence-electron chi connectivity index (χ0n) is 11.9. The number of alkyl halides is 1. The third-order valence-corrected chi connectivity index (χ3v) is 5.21. The molecule has 1 nitrogen and oxygen atoms in total. The second-order valence-corrected chi connectivity index (χ2v) is 6.72. The second kappa shape index (κ2) is 5.85. The molecule has 0 bridgehead atoms. The predicted octanol–water partition coefficient (Wildman–Crippen LogP) is 4.33. The van der Waals surface area contributed by atoms with Crippen LogP contribution in [0.2, 0.25) is 0 Å². The molecule has 1 heterocycles. The van der Waals surface area contributed by atoms with Crippen LogP contribution in [0.1, 0.15) is 54.7 Å². The normalized spacial score (nSPS) is 25.3. The maximum atomic E-state index is 6.66. The molecule has 1 aliphatic heterocycles. The highest BCUT2D eigenvalue weighted by atomic mass is 35.5. The summed E-state index contributed by atoms with van der Waals surface area (Å²) in [6, 6.07) is 7.60. The molecule has 0 aromatic heterocycles. The van der Waals surface area contributed by atoms with Gasteiger partial charge in [0.05, 0.1) is 5.38 Å². The zero-order valence-corrected chi connectivity index (χ0v) is 12.6. The van der Waals surface area contributed by atoms with Crippen LogP contribution < -0.4 is 0 Å². The lowest BCUT2D eigenvalue weighted by atomic mass is 10.0. The van der Waals surface area contributed by atoms with Gasteiger partial charge in [-0.1, -0.05) is 24.6 Å². The molecule has 1 fully saturated rings. The first-order valence-electron chi connectivity index (χ1n) is 7.74. The molecule has 0 amide bonds. The Morgan fingerprint density at radius 2 is 2.05 bits per heavy atom. The summed E-state index contributed by atoms with van der Waals surface area (Å²) in [5.74, 6) is 0. The quantitative estimate of drug-likeness (QED) is 0.744. The van der Waals surface area contributed by atoms with E-state index in [1.54, 1.807) is 5.56 Å². The molecule has 0 saturated carbocycles. The Morgan fingerprint density at radius 3 is 2.89 bits per heavy atom. The fraction of sp³-hybridized carbons (Fsp3) is 0.647. The molecular weight excluding hydrogens is 254 g/mol. The van der Waals surface area contributed by atoms with Crippen molar-refractivity contribution in [2.24, 2.45) is 0 Å². The molecule has 2 atom stereocenters. The van der Waals surface area contributed by atoms with Crippen molar-refractivity contribution in [1.29, 1.82) is 0 Å². The standard InChI is InChI=1S/C17H24ClN/c1-13-5-2-3-10-19(13)12-17(18)16-9-8-14-6-4-7-15(14)11-16/h8-9,11,13,17H,2-7,10,12H2,1H3. The van der Waals surface area contributed by atoms with Crippen molar-refractivity contribution in [2.75, 3.05) is 13.1 Å². The van der Waals surface area contributed by atoms with Crippen molar-refractivity contribution in [1.82, 2.24) is 4.90 Å². The average Bonchev–Trinajstić information content (AvgIpc) is 2.88. The minimum absolute atomic E-state index is 0.145. The van der Waals surface area contributed by atoms with Crippen LogP contribution in [0, 0.1) is 0 Å². The number of aryl methyl sites for hydroxylation is 2. The molecule has 0 spiro atoms. The summed E-state index contributed by atoms with van der Waals surface area (Å²) < 4.78 is 0. The fourth-order valence-corrected chi connectivity index (χ4v) is 3.84. The summed E-state index contributed by atoms with van der Waals surface area (Å²) in [7, 11) is 0. The van der Waals surface area contributed by atoms with Crippen LogP contribution in [0.5, 0.6) is 0 Å². The molecule has 0 radical (unpaired) electrons. The van der Waals surface area contributed by atoms with Crippen molar-refractivity contribution < 1.29 is 0 Å².